The van der Waals surface area contributed by atoms with Crippen LogP contribution in [0.4, 0.5) is 0 Å². The molecule has 0 saturated heterocycles. The summed E-state index contributed by atoms with van der Waals surface area (Å²) in [6, 6.07) is 2.02. The van der Waals surface area contributed by atoms with Crippen LogP contribution >= 0.6 is 68.8 Å². The molecule has 98 valence electrons. The number of rotatable bonds is 4. The maximum Gasteiger partial charge on any atom is 0.151 e. The third-order valence-electron chi connectivity index (χ3n) is 1.58. The van der Waals surface area contributed by atoms with Crippen LogP contribution in [-0.2, 0) is 11.5 Å². The summed E-state index contributed by atoms with van der Waals surface area (Å²) in [5, 5.41) is 16.5. The van der Waals surface area contributed by atoms with Crippen LogP contribution in [-0.4, -0.2) is 10.3 Å². The van der Waals surface area contributed by atoms with Crippen LogP contribution in [0.3, 0.4) is 0 Å². The zero-order valence-corrected chi connectivity index (χ0v) is 14.6. The van der Waals surface area contributed by atoms with E-state index in [0.717, 1.165) is 5.75 Å². The molecule has 0 fully saturated rings. The lowest BCUT2D eigenvalue weighted by Crippen LogP contribution is -2.05. The number of halogens is 2. The molecule has 0 atom stereocenters. The zero-order chi connectivity index (χ0) is 11.3. The van der Waals surface area contributed by atoms with Crippen LogP contribution < -0.4 is 11.5 Å². The summed E-state index contributed by atoms with van der Waals surface area (Å²) in [6.07, 6.45) is 0. The van der Waals surface area contributed by atoms with Gasteiger partial charge in [0.2, 0.25) is 0 Å². The van der Waals surface area contributed by atoms with E-state index in [0.29, 0.717) is 5.75 Å². The number of thiophene rings is 1. The third-order valence-corrected chi connectivity index (χ3v) is 4.24. The van der Waals surface area contributed by atoms with Crippen LogP contribution in [0.2, 0.25) is 0 Å². The van der Waals surface area contributed by atoms with Gasteiger partial charge < -0.3 is 11.5 Å². The fraction of sp³-hybridized carbons (Fsp3) is 0.250. The van der Waals surface area contributed by atoms with Crippen molar-refractivity contribution in [2.45, 2.75) is 11.5 Å². The van der Waals surface area contributed by atoms with E-state index in [2.05, 4.69) is 0 Å². The van der Waals surface area contributed by atoms with Gasteiger partial charge >= 0.3 is 0 Å². The number of hydrogen-bond acceptors (Lipinski definition) is 5. The van der Waals surface area contributed by atoms with Crippen LogP contribution in [0.25, 0.3) is 0 Å². The van der Waals surface area contributed by atoms with Crippen LogP contribution in [0.15, 0.2) is 11.4 Å². The molecule has 0 aliphatic carbocycles. The average molecular weight is 422 g/mol. The second kappa shape index (κ2) is 10.2. The van der Waals surface area contributed by atoms with Crippen molar-refractivity contribution in [2.24, 2.45) is 11.5 Å². The molecular formula is C8H14Br2N4S3. The van der Waals surface area contributed by atoms with Crippen LogP contribution in [0.5, 0.6) is 0 Å². The van der Waals surface area contributed by atoms with Gasteiger partial charge in [0.25, 0.3) is 0 Å². The van der Waals surface area contributed by atoms with E-state index in [9.17, 15) is 0 Å². The maximum absolute atomic E-state index is 7.12. The van der Waals surface area contributed by atoms with Crippen molar-refractivity contribution in [2.75, 3.05) is 0 Å². The summed E-state index contributed by atoms with van der Waals surface area (Å²) in [6.45, 7) is 0. The van der Waals surface area contributed by atoms with E-state index < -0.39 is 0 Å². The van der Waals surface area contributed by atoms with Crippen molar-refractivity contribution < 1.29 is 0 Å². The maximum atomic E-state index is 7.12. The van der Waals surface area contributed by atoms with Gasteiger partial charge in [-0.1, -0.05) is 23.5 Å². The van der Waals surface area contributed by atoms with E-state index in [1.807, 2.05) is 11.4 Å². The standard InChI is InChI=1S/C8H12N4S3.2BrH/c9-7(10)14-3-5-1-2-13-6(5)4-15-8(11)12;;/h1-2H,3-4H2,(H3,9,10)(H3,11,12);2*1H. The van der Waals surface area contributed by atoms with Crippen molar-refractivity contribution in [3.05, 3.63) is 21.9 Å². The van der Waals surface area contributed by atoms with Crippen molar-refractivity contribution in [1.82, 2.24) is 0 Å². The summed E-state index contributed by atoms with van der Waals surface area (Å²) in [5.41, 5.74) is 11.7. The Labute approximate surface area is 134 Å². The number of nitrogens with two attached hydrogens (primary N) is 2. The molecule has 0 bridgehead atoms. The minimum absolute atomic E-state index is 0. The minimum atomic E-state index is 0. The van der Waals surface area contributed by atoms with E-state index in [1.54, 1.807) is 11.3 Å². The normalized spacial score (nSPS) is 8.94. The summed E-state index contributed by atoms with van der Waals surface area (Å²) < 4.78 is 0. The molecule has 9 heteroatoms. The van der Waals surface area contributed by atoms with Gasteiger partial charge in [-0.2, -0.15) is 0 Å². The summed E-state index contributed by atoms with van der Waals surface area (Å²) in [5.74, 6) is 1.44. The predicted octanol–water partition coefficient (Wildman–Crippen LogP) is 3.16. The Balaban J connectivity index is 0. The molecule has 0 aliphatic heterocycles. The Bertz CT molecular complexity index is 337. The molecule has 4 nitrogen and oxygen atoms in total. The molecule has 1 aromatic heterocycles. The SMILES string of the molecule is Br.Br.N=C(N)SCc1ccsc1CSC(=N)N. The first-order chi connectivity index (χ1) is 7.09. The largest absolute Gasteiger partial charge is 0.379 e. The molecule has 17 heavy (non-hydrogen) atoms. The number of nitrogens with one attached hydrogen (secondary N) is 2. The average Bonchev–Trinajstić information content (AvgIpc) is 2.58. The van der Waals surface area contributed by atoms with E-state index in [1.165, 1.54) is 34.0 Å². The van der Waals surface area contributed by atoms with Gasteiger partial charge in [0.05, 0.1) is 0 Å². The molecule has 0 aliphatic rings. The van der Waals surface area contributed by atoms with Crippen LogP contribution in [0.1, 0.15) is 10.4 Å². The van der Waals surface area contributed by atoms with Gasteiger partial charge in [-0.3, -0.25) is 10.8 Å². The van der Waals surface area contributed by atoms with Gasteiger partial charge in [0, 0.05) is 16.4 Å². The van der Waals surface area contributed by atoms with Crippen molar-refractivity contribution in [3.8, 4) is 0 Å². The van der Waals surface area contributed by atoms with E-state index in [-0.39, 0.29) is 44.3 Å². The Morgan fingerprint density at radius 1 is 1.12 bits per heavy atom. The summed E-state index contributed by atoms with van der Waals surface area (Å²) in [7, 11) is 0. The molecule has 1 aromatic rings. The molecule has 1 heterocycles. The van der Waals surface area contributed by atoms with Gasteiger partial charge in [-0.15, -0.1) is 45.3 Å². The van der Waals surface area contributed by atoms with Gasteiger partial charge in [-0.05, 0) is 17.0 Å². The Morgan fingerprint density at radius 3 is 2.18 bits per heavy atom. The smallest absolute Gasteiger partial charge is 0.151 e. The molecular weight excluding hydrogens is 408 g/mol. The molecule has 1 rings (SSSR count). The molecule has 6 N–H and O–H groups in total. The molecule has 0 amide bonds. The van der Waals surface area contributed by atoms with E-state index in [4.69, 9.17) is 22.3 Å². The van der Waals surface area contributed by atoms with E-state index >= 15 is 0 Å². The number of thioether (sulfide) groups is 2. The van der Waals surface area contributed by atoms with Crippen molar-refractivity contribution in [3.63, 3.8) is 0 Å². The first-order valence-corrected chi connectivity index (χ1v) is 6.93. The van der Waals surface area contributed by atoms with Gasteiger partial charge in [-0.25, -0.2) is 0 Å². The lowest BCUT2D eigenvalue weighted by molar-refractivity contribution is 1.37. The van der Waals surface area contributed by atoms with Crippen LogP contribution in [0, 0.1) is 10.8 Å². The Kier molecular flexibility index (Phi) is 11.8. The lowest BCUT2D eigenvalue weighted by Gasteiger charge is -2.02. The van der Waals surface area contributed by atoms with Gasteiger partial charge in [0.1, 0.15) is 0 Å². The molecule has 0 radical (unpaired) electrons. The topological polar surface area (TPSA) is 99.7 Å². The monoisotopic (exact) mass is 420 g/mol. The first-order valence-electron chi connectivity index (χ1n) is 4.08. The minimum Gasteiger partial charge on any atom is -0.379 e. The molecule has 0 aromatic carbocycles. The van der Waals surface area contributed by atoms with Crippen molar-refractivity contribution >= 4 is 79.2 Å². The third kappa shape index (κ3) is 8.09. The quantitative estimate of drug-likeness (QED) is 0.443. The second-order valence-corrected chi connectivity index (χ2v) is 5.71. The number of hydrogen-bond donors (Lipinski definition) is 4. The highest BCUT2D eigenvalue weighted by Crippen LogP contribution is 2.25. The van der Waals surface area contributed by atoms with Gasteiger partial charge in [0.15, 0.2) is 10.3 Å². The highest BCUT2D eigenvalue weighted by Gasteiger charge is 2.06. The highest BCUT2D eigenvalue weighted by molar-refractivity contribution is 8.93. The summed E-state index contributed by atoms with van der Waals surface area (Å²) >= 11 is 4.27. The molecule has 0 saturated carbocycles. The fourth-order valence-corrected chi connectivity index (χ4v) is 3.20. The zero-order valence-electron chi connectivity index (χ0n) is 8.76. The Morgan fingerprint density at radius 2 is 1.65 bits per heavy atom. The van der Waals surface area contributed by atoms with Crippen molar-refractivity contribution in [1.29, 1.82) is 10.8 Å². The predicted molar refractivity (Wildman–Crippen MR) is 91.4 cm³/mol. The summed E-state index contributed by atoms with van der Waals surface area (Å²) in [4.78, 5) is 1.20. The molecule has 0 spiro atoms. The Hall–Kier alpha value is 0.300. The lowest BCUT2D eigenvalue weighted by atomic mass is 10.3. The first kappa shape index (κ1) is 19.6. The second-order valence-electron chi connectivity index (χ2n) is 2.67. The molecule has 0 unspecified atom stereocenters. The highest BCUT2D eigenvalue weighted by atomic mass is 79.9. The number of amidine groups is 2. The fourth-order valence-electron chi connectivity index (χ4n) is 0.921.